The van der Waals surface area contributed by atoms with Crippen molar-refractivity contribution in [3.63, 3.8) is 0 Å². The zero-order valence-corrected chi connectivity index (χ0v) is 26.6. The molecule has 0 radical (unpaired) electrons. The van der Waals surface area contributed by atoms with Crippen molar-refractivity contribution in [3.8, 4) is 0 Å². The van der Waals surface area contributed by atoms with Gasteiger partial charge >= 0.3 is 11.9 Å². The first-order valence-electron chi connectivity index (χ1n) is 15.5. The maximum Gasteiger partial charge on any atom is 0.329 e. The highest BCUT2D eigenvalue weighted by atomic mass is 33.1. The third kappa shape index (κ3) is 19.6. The quantitative estimate of drug-likeness (QED) is 0.272. The second-order valence-corrected chi connectivity index (χ2v) is 13.3. The van der Waals surface area contributed by atoms with E-state index in [-0.39, 0.29) is 11.8 Å². The van der Waals surface area contributed by atoms with Crippen LogP contribution in [0.4, 0.5) is 0 Å². The van der Waals surface area contributed by atoms with Gasteiger partial charge in [0.15, 0.2) is 0 Å². The molecule has 0 saturated carbocycles. The number of hydrogen-bond donors (Lipinski definition) is 2. The molecule has 0 bridgehead atoms. The van der Waals surface area contributed by atoms with E-state index in [9.17, 15) is 19.2 Å². The molecule has 0 spiro atoms. The Balaban J connectivity index is 2.56. The second-order valence-electron chi connectivity index (χ2n) is 10.7. The van der Waals surface area contributed by atoms with E-state index in [0.717, 1.165) is 38.5 Å². The Morgan fingerprint density at radius 2 is 0.775 bits per heavy atom. The first-order chi connectivity index (χ1) is 19.5. The van der Waals surface area contributed by atoms with Crippen LogP contribution in [0.5, 0.6) is 0 Å². The summed E-state index contributed by atoms with van der Waals surface area (Å²) in [7, 11) is 5.31. The molecule has 0 aromatic rings. The molecule has 0 unspecified atom stereocenters. The van der Waals surface area contributed by atoms with Crippen LogP contribution in [0.25, 0.3) is 0 Å². The maximum atomic E-state index is 12.4. The normalized spacial score (nSPS) is 24.1. The number of ether oxygens (including phenoxy) is 2. The molecule has 2 atom stereocenters. The van der Waals surface area contributed by atoms with Crippen molar-refractivity contribution in [2.75, 3.05) is 25.7 Å². The number of rotatable bonds is 2. The summed E-state index contributed by atoms with van der Waals surface area (Å²) in [4.78, 5) is 49.3. The van der Waals surface area contributed by atoms with Crippen molar-refractivity contribution in [2.45, 2.75) is 141 Å². The summed E-state index contributed by atoms with van der Waals surface area (Å²) in [5.74, 6) is -0.702. The molecular weight excluding hydrogens is 548 g/mol. The topological polar surface area (TPSA) is 111 Å². The van der Waals surface area contributed by atoms with Crippen molar-refractivity contribution in [1.29, 1.82) is 0 Å². The Morgan fingerprint density at radius 1 is 0.525 bits per heavy atom. The van der Waals surface area contributed by atoms with Crippen LogP contribution in [-0.2, 0) is 28.7 Å². The van der Waals surface area contributed by atoms with Gasteiger partial charge in [0.2, 0.25) is 11.8 Å². The van der Waals surface area contributed by atoms with Crippen LogP contribution in [0, 0.1) is 0 Å². The minimum atomic E-state index is -0.762. The lowest BCUT2D eigenvalue weighted by atomic mass is 10.0. The third-order valence-corrected chi connectivity index (χ3v) is 9.67. The smallest absolute Gasteiger partial charge is 0.329 e. The van der Waals surface area contributed by atoms with Gasteiger partial charge in [0.05, 0.1) is 14.2 Å². The van der Waals surface area contributed by atoms with Crippen LogP contribution < -0.4 is 10.6 Å². The highest BCUT2D eigenvalue weighted by molar-refractivity contribution is 8.76. The SMILES string of the molecule is COC(=O)[C@@H]1CSSC[C@@H](C(=O)OC)NC(=O)CCCCCCCCCCCCCCCCCCCCC(=O)N1. The van der Waals surface area contributed by atoms with Crippen LogP contribution in [0.2, 0.25) is 0 Å². The van der Waals surface area contributed by atoms with Gasteiger partial charge in [-0.15, -0.1) is 0 Å². The lowest BCUT2D eigenvalue weighted by molar-refractivity contribution is -0.144. The summed E-state index contributed by atoms with van der Waals surface area (Å²) in [5.41, 5.74) is 0. The first kappa shape index (κ1) is 36.6. The number of methoxy groups -OCH3 is 2. The van der Waals surface area contributed by atoms with Gasteiger partial charge in [-0.05, 0) is 12.8 Å². The molecule has 1 fully saturated rings. The Morgan fingerprint density at radius 3 is 1.02 bits per heavy atom. The Hall–Kier alpha value is -1.42. The number of hydrogen-bond acceptors (Lipinski definition) is 8. The Bertz CT molecular complexity index is 652. The molecule has 1 saturated heterocycles. The van der Waals surface area contributed by atoms with E-state index >= 15 is 0 Å². The highest BCUT2D eigenvalue weighted by Crippen LogP contribution is 2.24. The zero-order chi connectivity index (χ0) is 29.3. The molecule has 40 heavy (non-hydrogen) atoms. The first-order valence-corrected chi connectivity index (χ1v) is 18.0. The van der Waals surface area contributed by atoms with Gasteiger partial charge in [0, 0.05) is 24.3 Å². The largest absolute Gasteiger partial charge is 0.467 e. The standard InChI is InChI=1S/C30H54N2O6S2/c1-37-29(35)25-23-39-40-24-26(30(36)38-2)32-28(34)22-20-18-16-14-12-10-8-6-4-3-5-7-9-11-13-15-17-19-21-27(33)31-25/h25-26H,3-24H2,1-2H3,(H,31,33)(H,32,34)/t25-,26-/m0/s1. The summed E-state index contributed by atoms with van der Waals surface area (Å²) >= 11 is 0. The van der Waals surface area contributed by atoms with Crippen LogP contribution in [-0.4, -0.2) is 61.6 Å². The van der Waals surface area contributed by atoms with E-state index in [1.807, 2.05) is 0 Å². The van der Waals surface area contributed by atoms with Crippen LogP contribution in [0.15, 0.2) is 0 Å². The highest BCUT2D eigenvalue weighted by Gasteiger charge is 2.24. The van der Waals surface area contributed by atoms with E-state index in [2.05, 4.69) is 10.6 Å². The number of carbonyl (C=O) groups excluding carboxylic acids is 4. The van der Waals surface area contributed by atoms with Gasteiger partial charge in [-0.25, -0.2) is 9.59 Å². The van der Waals surface area contributed by atoms with Crippen molar-refractivity contribution in [1.82, 2.24) is 10.6 Å². The monoisotopic (exact) mass is 602 g/mol. The number of nitrogens with one attached hydrogen (secondary N) is 2. The second kappa shape index (κ2) is 25.3. The lowest BCUT2D eigenvalue weighted by Crippen LogP contribution is -2.44. The molecular formula is C30H54N2O6S2. The molecule has 0 aliphatic carbocycles. The summed E-state index contributed by atoms with van der Waals surface area (Å²) < 4.78 is 9.74. The Labute approximate surface area is 250 Å². The zero-order valence-electron chi connectivity index (χ0n) is 25.0. The molecule has 1 heterocycles. The van der Waals surface area contributed by atoms with Crippen molar-refractivity contribution >= 4 is 45.3 Å². The van der Waals surface area contributed by atoms with Gasteiger partial charge in [-0.2, -0.15) is 0 Å². The minimum absolute atomic E-state index is 0.152. The van der Waals surface area contributed by atoms with Crippen LogP contribution >= 0.6 is 21.6 Å². The molecule has 1 aliphatic rings. The average molecular weight is 603 g/mol. The lowest BCUT2D eigenvalue weighted by Gasteiger charge is -2.18. The molecule has 8 nitrogen and oxygen atoms in total. The van der Waals surface area contributed by atoms with Gasteiger partial charge < -0.3 is 20.1 Å². The van der Waals surface area contributed by atoms with Crippen molar-refractivity contribution in [2.24, 2.45) is 0 Å². The van der Waals surface area contributed by atoms with Gasteiger partial charge in [0.25, 0.3) is 0 Å². The van der Waals surface area contributed by atoms with Crippen LogP contribution in [0.1, 0.15) is 128 Å². The fourth-order valence-electron chi connectivity index (χ4n) is 4.79. The van der Waals surface area contributed by atoms with Crippen molar-refractivity contribution < 1.29 is 28.7 Å². The van der Waals surface area contributed by atoms with E-state index in [4.69, 9.17) is 9.47 Å². The molecule has 10 heteroatoms. The predicted octanol–water partition coefficient (Wildman–Crippen LogP) is 6.50. The molecule has 1 rings (SSSR count). The number of carbonyl (C=O) groups is 4. The average Bonchev–Trinajstić information content (AvgIpc) is 2.95. The fraction of sp³-hybridized carbons (Fsp3) is 0.867. The molecule has 2 N–H and O–H groups in total. The number of esters is 2. The number of amides is 2. The third-order valence-electron chi connectivity index (χ3n) is 7.25. The molecule has 1 aliphatic heterocycles. The minimum Gasteiger partial charge on any atom is -0.467 e. The molecule has 0 aromatic heterocycles. The predicted molar refractivity (Wildman–Crippen MR) is 165 cm³/mol. The van der Waals surface area contributed by atoms with Gasteiger partial charge in [0.1, 0.15) is 12.1 Å². The Kier molecular flexibility index (Phi) is 23.2. The van der Waals surface area contributed by atoms with Gasteiger partial charge in [-0.1, -0.05) is 124 Å². The summed E-state index contributed by atoms with van der Waals surface area (Å²) in [6, 6.07) is -1.52. The fourth-order valence-corrected chi connectivity index (χ4v) is 7.08. The van der Waals surface area contributed by atoms with E-state index in [1.165, 1.54) is 113 Å². The summed E-state index contributed by atoms with van der Waals surface area (Å²) in [5, 5.41) is 5.58. The van der Waals surface area contributed by atoms with Crippen molar-refractivity contribution in [3.05, 3.63) is 0 Å². The molecule has 232 valence electrons. The van der Waals surface area contributed by atoms with E-state index < -0.39 is 24.0 Å². The summed E-state index contributed by atoms with van der Waals surface area (Å²) in [6.45, 7) is 0. The van der Waals surface area contributed by atoms with Gasteiger partial charge in [-0.3, -0.25) is 9.59 Å². The maximum absolute atomic E-state index is 12.4. The molecule has 0 aromatic carbocycles. The van der Waals surface area contributed by atoms with Crippen LogP contribution in [0.3, 0.4) is 0 Å². The van der Waals surface area contributed by atoms with E-state index in [1.54, 1.807) is 0 Å². The summed E-state index contributed by atoms with van der Waals surface area (Å²) in [6.07, 6.45) is 22.3. The van der Waals surface area contributed by atoms with E-state index in [0.29, 0.717) is 24.3 Å². The molecule has 2 amide bonds.